The minimum absolute atomic E-state index is 0.0642. The smallest absolute Gasteiger partial charge is 0.328 e. The molecule has 0 aromatic carbocycles. The summed E-state index contributed by atoms with van der Waals surface area (Å²) >= 11 is 0. The molecule has 1 heterocycles. The van der Waals surface area contributed by atoms with Gasteiger partial charge in [-0.05, 0) is 18.8 Å². The highest BCUT2D eigenvalue weighted by molar-refractivity contribution is 5.82. The van der Waals surface area contributed by atoms with Gasteiger partial charge in [0.1, 0.15) is 0 Å². The molecule has 0 spiro atoms. The first kappa shape index (κ1) is 14.8. The van der Waals surface area contributed by atoms with Gasteiger partial charge in [-0.3, -0.25) is 0 Å². The highest BCUT2D eigenvalue weighted by Crippen LogP contribution is 2.08. The van der Waals surface area contributed by atoms with Crippen LogP contribution in [0.4, 0.5) is 4.79 Å². The van der Waals surface area contributed by atoms with E-state index in [1.807, 2.05) is 0 Å². The van der Waals surface area contributed by atoms with E-state index in [0.29, 0.717) is 25.6 Å². The Balaban J connectivity index is 2.36. The monoisotopic (exact) mass is 258 g/mol. The number of carbonyl (C=O) groups excluding carboxylic acids is 1. The van der Waals surface area contributed by atoms with Gasteiger partial charge in [0.05, 0.1) is 13.2 Å². The Morgan fingerprint density at radius 3 is 2.83 bits per heavy atom. The second-order valence-electron chi connectivity index (χ2n) is 4.89. The summed E-state index contributed by atoms with van der Waals surface area (Å²) < 4.78 is 5.08. The van der Waals surface area contributed by atoms with Crippen molar-refractivity contribution >= 4 is 12.0 Å². The Kier molecular flexibility index (Phi) is 5.91. The van der Waals surface area contributed by atoms with E-state index in [1.165, 1.54) is 4.90 Å². The SMILES string of the molecule is CC(C)CCCNC(=O)N1CCOCC1C(=O)O. The van der Waals surface area contributed by atoms with Gasteiger partial charge in [-0.15, -0.1) is 0 Å². The Hall–Kier alpha value is -1.30. The van der Waals surface area contributed by atoms with Gasteiger partial charge in [-0.2, -0.15) is 0 Å². The molecule has 1 rings (SSSR count). The van der Waals surface area contributed by atoms with Crippen molar-refractivity contribution in [1.82, 2.24) is 10.2 Å². The lowest BCUT2D eigenvalue weighted by Crippen LogP contribution is -2.55. The summed E-state index contributed by atoms with van der Waals surface area (Å²) in [6, 6.07) is -1.18. The molecule has 2 amide bonds. The maximum absolute atomic E-state index is 11.9. The molecule has 1 fully saturated rings. The second-order valence-corrected chi connectivity index (χ2v) is 4.89. The van der Waals surface area contributed by atoms with Crippen molar-refractivity contribution in [3.8, 4) is 0 Å². The van der Waals surface area contributed by atoms with Gasteiger partial charge in [-0.25, -0.2) is 9.59 Å². The van der Waals surface area contributed by atoms with Gasteiger partial charge < -0.3 is 20.1 Å². The van der Waals surface area contributed by atoms with Crippen molar-refractivity contribution in [2.45, 2.75) is 32.7 Å². The Morgan fingerprint density at radius 1 is 1.50 bits per heavy atom. The van der Waals surface area contributed by atoms with E-state index in [2.05, 4.69) is 19.2 Å². The minimum atomic E-state index is -1.02. The largest absolute Gasteiger partial charge is 0.480 e. The number of hydrogen-bond donors (Lipinski definition) is 2. The zero-order valence-electron chi connectivity index (χ0n) is 11.0. The van der Waals surface area contributed by atoms with Gasteiger partial charge in [-0.1, -0.05) is 13.8 Å². The molecule has 0 bridgehead atoms. The van der Waals surface area contributed by atoms with E-state index in [0.717, 1.165) is 12.8 Å². The van der Waals surface area contributed by atoms with Crippen LogP contribution in [0.25, 0.3) is 0 Å². The first-order valence-electron chi connectivity index (χ1n) is 6.37. The quantitative estimate of drug-likeness (QED) is 0.719. The average Bonchev–Trinajstić information content (AvgIpc) is 2.34. The van der Waals surface area contributed by atoms with Gasteiger partial charge in [0, 0.05) is 13.1 Å². The molecule has 6 heteroatoms. The highest BCUT2D eigenvalue weighted by Gasteiger charge is 2.32. The van der Waals surface area contributed by atoms with E-state index in [-0.39, 0.29) is 12.6 Å². The number of nitrogens with one attached hydrogen (secondary N) is 1. The lowest BCUT2D eigenvalue weighted by atomic mass is 10.1. The number of carbonyl (C=O) groups is 2. The zero-order valence-corrected chi connectivity index (χ0v) is 11.0. The van der Waals surface area contributed by atoms with Crippen molar-refractivity contribution < 1.29 is 19.4 Å². The summed E-state index contributed by atoms with van der Waals surface area (Å²) in [5.41, 5.74) is 0. The minimum Gasteiger partial charge on any atom is -0.480 e. The Labute approximate surface area is 107 Å². The third-order valence-electron chi connectivity index (χ3n) is 2.91. The standard InChI is InChI=1S/C12H22N2O4/c1-9(2)4-3-5-13-12(17)14-6-7-18-8-10(14)11(15)16/h9-10H,3-8H2,1-2H3,(H,13,17)(H,15,16). The van der Waals surface area contributed by atoms with Crippen LogP contribution >= 0.6 is 0 Å². The van der Waals surface area contributed by atoms with Crippen LogP contribution in [0, 0.1) is 5.92 Å². The fourth-order valence-corrected chi connectivity index (χ4v) is 1.86. The zero-order chi connectivity index (χ0) is 13.5. The maximum atomic E-state index is 11.9. The second kappa shape index (κ2) is 7.20. The number of carboxylic acids is 1. The molecule has 18 heavy (non-hydrogen) atoms. The highest BCUT2D eigenvalue weighted by atomic mass is 16.5. The topological polar surface area (TPSA) is 78.9 Å². The van der Waals surface area contributed by atoms with Crippen LogP contribution in [0.3, 0.4) is 0 Å². The summed E-state index contributed by atoms with van der Waals surface area (Å²) in [5, 5.41) is 11.8. The van der Waals surface area contributed by atoms with Crippen molar-refractivity contribution in [3.63, 3.8) is 0 Å². The normalized spacial score (nSPS) is 19.9. The number of aliphatic carboxylic acids is 1. The van der Waals surface area contributed by atoms with Crippen LogP contribution < -0.4 is 5.32 Å². The predicted octanol–water partition coefficient (Wildman–Crippen LogP) is 0.918. The van der Waals surface area contributed by atoms with Crippen molar-refractivity contribution in [1.29, 1.82) is 0 Å². The molecule has 6 nitrogen and oxygen atoms in total. The fraction of sp³-hybridized carbons (Fsp3) is 0.833. The molecule has 2 N–H and O–H groups in total. The number of rotatable bonds is 5. The first-order valence-corrected chi connectivity index (χ1v) is 6.37. The third kappa shape index (κ3) is 4.52. The summed E-state index contributed by atoms with van der Waals surface area (Å²) in [7, 11) is 0. The van der Waals surface area contributed by atoms with Gasteiger partial charge in [0.25, 0.3) is 0 Å². The Morgan fingerprint density at radius 2 is 2.22 bits per heavy atom. The third-order valence-corrected chi connectivity index (χ3v) is 2.91. The molecular formula is C12H22N2O4. The lowest BCUT2D eigenvalue weighted by molar-refractivity contribution is -0.147. The van der Waals surface area contributed by atoms with Gasteiger partial charge in [0.2, 0.25) is 0 Å². The molecule has 1 atom stereocenters. The summed E-state index contributed by atoms with van der Waals surface area (Å²) in [5.74, 6) is -0.413. The number of urea groups is 1. The van der Waals surface area contributed by atoms with Crippen LogP contribution in [0.1, 0.15) is 26.7 Å². The van der Waals surface area contributed by atoms with E-state index in [1.54, 1.807) is 0 Å². The average molecular weight is 258 g/mol. The number of ether oxygens (including phenoxy) is 1. The summed E-state index contributed by atoms with van der Waals surface area (Å²) in [6.45, 7) is 5.63. The number of hydrogen-bond acceptors (Lipinski definition) is 3. The molecule has 1 saturated heterocycles. The van der Waals surface area contributed by atoms with E-state index in [4.69, 9.17) is 9.84 Å². The van der Waals surface area contributed by atoms with Gasteiger partial charge >= 0.3 is 12.0 Å². The lowest BCUT2D eigenvalue weighted by Gasteiger charge is -2.32. The van der Waals surface area contributed by atoms with Crippen LogP contribution in [0.2, 0.25) is 0 Å². The number of morpholine rings is 1. The molecule has 0 saturated carbocycles. The van der Waals surface area contributed by atoms with Crippen molar-refractivity contribution in [2.24, 2.45) is 5.92 Å². The molecule has 0 aliphatic carbocycles. The molecule has 1 aliphatic rings. The Bertz CT molecular complexity index is 294. The molecule has 0 aromatic heterocycles. The summed E-state index contributed by atoms with van der Waals surface area (Å²) in [6.07, 6.45) is 1.96. The van der Waals surface area contributed by atoms with Gasteiger partial charge in [0.15, 0.2) is 6.04 Å². The maximum Gasteiger partial charge on any atom is 0.328 e. The van der Waals surface area contributed by atoms with Crippen LogP contribution in [0.5, 0.6) is 0 Å². The van der Waals surface area contributed by atoms with E-state index in [9.17, 15) is 9.59 Å². The molecule has 0 radical (unpaired) electrons. The van der Waals surface area contributed by atoms with Crippen LogP contribution in [-0.4, -0.2) is 54.4 Å². The number of carboxylic acid groups (broad SMARTS) is 1. The first-order chi connectivity index (χ1) is 8.52. The molecule has 104 valence electrons. The number of nitrogens with zero attached hydrogens (tertiary/aromatic N) is 1. The molecule has 1 unspecified atom stereocenters. The van der Waals surface area contributed by atoms with Crippen LogP contribution in [0.15, 0.2) is 0 Å². The number of amides is 2. The van der Waals surface area contributed by atoms with E-state index < -0.39 is 12.0 Å². The molecule has 0 aromatic rings. The van der Waals surface area contributed by atoms with Crippen LogP contribution in [-0.2, 0) is 9.53 Å². The molecular weight excluding hydrogens is 236 g/mol. The van der Waals surface area contributed by atoms with E-state index >= 15 is 0 Å². The van der Waals surface area contributed by atoms with Crippen molar-refractivity contribution in [2.75, 3.05) is 26.3 Å². The summed E-state index contributed by atoms with van der Waals surface area (Å²) in [4.78, 5) is 24.2. The fourth-order valence-electron chi connectivity index (χ4n) is 1.86. The molecule has 1 aliphatic heterocycles. The predicted molar refractivity (Wildman–Crippen MR) is 66.4 cm³/mol. The van der Waals surface area contributed by atoms with Crippen molar-refractivity contribution in [3.05, 3.63) is 0 Å².